The third-order valence-electron chi connectivity index (χ3n) is 5.80. The first kappa shape index (κ1) is 21.0. The maximum atomic E-state index is 12.7. The Kier molecular flexibility index (Phi) is 6.97. The van der Waals surface area contributed by atoms with E-state index in [0.29, 0.717) is 31.5 Å². The molecule has 1 aliphatic rings. The predicted molar refractivity (Wildman–Crippen MR) is 114 cm³/mol. The fourth-order valence-electron chi connectivity index (χ4n) is 3.79. The van der Waals surface area contributed by atoms with Crippen LogP contribution in [0.25, 0.3) is 0 Å². The second-order valence-corrected chi connectivity index (χ2v) is 7.86. The van der Waals surface area contributed by atoms with Crippen LogP contribution in [0.4, 0.5) is 0 Å². The van der Waals surface area contributed by atoms with Gasteiger partial charge in [-0.25, -0.2) is 0 Å². The van der Waals surface area contributed by atoms with Crippen LogP contribution in [0.5, 0.6) is 0 Å². The van der Waals surface area contributed by atoms with E-state index in [9.17, 15) is 14.4 Å². The Morgan fingerprint density at radius 3 is 2.03 bits per heavy atom. The van der Waals surface area contributed by atoms with Crippen molar-refractivity contribution in [3.8, 4) is 0 Å². The molecule has 0 saturated carbocycles. The first-order valence-electron chi connectivity index (χ1n) is 10.5. The SMILES string of the molecule is CCc1ccc(C(=O)CCC(=O)N2CCC(C(=O)c3ccc(C)cc3)CC2)cc1. The fourth-order valence-corrected chi connectivity index (χ4v) is 3.79. The topological polar surface area (TPSA) is 54.5 Å². The number of rotatable bonds is 7. The highest BCUT2D eigenvalue weighted by Crippen LogP contribution is 2.23. The number of nitrogens with zero attached hydrogens (tertiary/aromatic N) is 1. The van der Waals surface area contributed by atoms with Crippen molar-refractivity contribution in [2.45, 2.75) is 46.0 Å². The van der Waals surface area contributed by atoms with E-state index >= 15 is 0 Å². The molecule has 2 aromatic rings. The van der Waals surface area contributed by atoms with Crippen LogP contribution in [0.3, 0.4) is 0 Å². The second-order valence-electron chi connectivity index (χ2n) is 7.86. The normalized spacial score (nSPS) is 14.6. The number of hydrogen-bond donors (Lipinski definition) is 0. The Morgan fingerprint density at radius 2 is 1.45 bits per heavy atom. The molecule has 0 aromatic heterocycles. The number of ketones is 2. The van der Waals surface area contributed by atoms with Gasteiger partial charge in [0.25, 0.3) is 0 Å². The summed E-state index contributed by atoms with van der Waals surface area (Å²) in [5, 5.41) is 0. The van der Waals surface area contributed by atoms with E-state index in [1.807, 2.05) is 55.5 Å². The minimum Gasteiger partial charge on any atom is -0.343 e. The Bertz CT molecular complexity index is 860. The van der Waals surface area contributed by atoms with Gasteiger partial charge in [0, 0.05) is 43.0 Å². The van der Waals surface area contributed by atoms with Crippen molar-refractivity contribution in [1.82, 2.24) is 4.90 Å². The van der Waals surface area contributed by atoms with Crippen molar-refractivity contribution in [1.29, 1.82) is 0 Å². The van der Waals surface area contributed by atoms with Gasteiger partial charge in [-0.2, -0.15) is 0 Å². The van der Waals surface area contributed by atoms with Crippen LogP contribution < -0.4 is 0 Å². The molecule has 4 nitrogen and oxygen atoms in total. The molecule has 1 amide bonds. The molecule has 4 heteroatoms. The number of carbonyl (C=O) groups excluding carboxylic acids is 3. The summed E-state index contributed by atoms with van der Waals surface area (Å²) in [7, 11) is 0. The molecule has 2 aromatic carbocycles. The highest BCUT2D eigenvalue weighted by molar-refractivity contribution is 5.99. The van der Waals surface area contributed by atoms with E-state index in [0.717, 1.165) is 17.5 Å². The minimum absolute atomic E-state index is 0.00441. The predicted octanol–water partition coefficient (Wildman–Crippen LogP) is 4.64. The van der Waals surface area contributed by atoms with Gasteiger partial charge in [-0.15, -0.1) is 0 Å². The minimum atomic E-state index is -0.0273. The summed E-state index contributed by atoms with van der Waals surface area (Å²) in [6.07, 6.45) is 2.77. The van der Waals surface area contributed by atoms with Gasteiger partial charge in [-0.3, -0.25) is 14.4 Å². The van der Waals surface area contributed by atoms with E-state index in [1.165, 1.54) is 5.56 Å². The molecule has 1 fully saturated rings. The average molecular weight is 392 g/mol. The molecular formula is C25H29NO3. The van der Waals surface area contributed by atoms with Gasteiger partial charge >= 0.3 is 0 Å². The van der Waals surface area contributed by atoms with Gasteiger partial charge < -0.3 is 4.90 Å². The Morgan fingerprint density at radius 1 is 0.862 bits per heavy atom. The molecule has 0 N–H and O–H groups in total. The van der Waals surface area contributed by atoms with Crippen LogP contribution in [0.2, 0.25) is 0 Å². The molecular weight excluding hydrogens is 362 g/mol. The van der Waals surface area contributed by atoms with E-state index in [2.05, 4.69) is 6.92 Å². The van der Waals surface area contributed by atoms with Crippen LogP contribution in [0.15, 0.2) is 48.5 Å². The molecule has 1 saturated heterocycles. The fraction of sp³-hybridized carbons (Fsp3) is 0.400. The summed E-state index contributed by atoms with van der Waals surface area (Å²) in [6, 6.07) is 15.3. The number of hydrogen-bond acceptors (Lipinski definition) is 3. The van der Waals surface area contributed by atoms with E-state index in [1.54, 1.807) is 4.90 Å². The largest absolute Gasteiger partial charge is 0.343 e. The maximum Gasteiger partial charge on any atom is 0.223 e. The number of amides is 1. The Hall–Kier alpha value is -2.75. The molecule has 0 unspecified atom stereocenters. The number of carbonyl (C=O) groups is 3. The Balaban J connectivity index is 1.46. The van der Waals surface area contributed by atoms with Crippen molar-refractivity contribution in [3.05, 3.63) is 70.8 Å². The molecule has 29 heavy (non-hydrogen) atoms. The summed E-state index contributed by atoms with van der Waals surface area (Å²) in [5.41, 5.74) is 3.75. The van der Waals surface area contributed by atoms with Crippen molar-refractivity contribution in [2.24, 2.45) is 5.92 Å². The number of likely N-dealkylation sites (tertiary alicyclic amines) is 1. The van der Waals surface area contributed by atoms with Gasteiger partial charge in [0.15, 0.2) is 11.6 Å². The van der Waals surface area contributed by atoms with E-state index in [-0.39, 0.29) is 36.2 Å². The summed E-state index contributed by atoms with van der Waals surface area (Å²) in [6.45, 7) is 5.25. The molecule has 1 aliphatic heterocycles. The lowest BCUT2D eigenvalue weighted by molar-refractivity contribution is -0.132. The number of piperidine rings is 1. The smallest absolute Gasteiger partial charge is 0.223 e. The molecule has 0 radical (unpaired) electrons. The first-order valence-corrected chi connectivity index (χ1v) is 10.5. The molecule has 152 valence electrons. The molecule has 1 heterocycles. The third kappa shape index (κ3) is 5.41. The third-order valence-corrected chi connectivity index (χ3v) is 5.80. The van der Waals surface area contributed by atoms with Crippen LogP contribution >= 0.6 is 0 Å². The molecule has 0 spiro atoms. The van der Waals surface area contributed by atoms with Crippen molar-refractivity contribution in [3.63, 3.8) is 0 Å². The Labute approximate surface area is 172 Å². The lowest BCUT2D eigenvalue weighted by Crippen LogP contribution is -2.40. The lowest BCUT2D eigenvalue weighted by Gasteiger charge is -2.31. The summed E-state index contributed by atoms with van der Waals surface area (Å²) >= 11 is 0. The maximum absolute atomic E-state index is 12.7. The zero-order valence-electron chi connectivity index (χ0n) is 17.3. The number of benzene rings is 2. The number of Topliss-reactive ketones (excluding diaryl/α,β-unsaturated/α-hetero) is 2. The summed E-state index contributed by atoms with van der Waals surface area (Å²) in [4.78, 5) is 39.3. The average Bonchev–Trinajstić information content (AvgIpc) is 2.77. The molecule has 0 atom stereocenters. The highest BCUT2D eigenvalue weighted by atomic mass is 16.2. The molecule has 3 rings (SSSR count). The lowest BCUT2D eigenvalue weighted by atomic mass is 9.88. The van der Waals surface area contributed by atoms with Crippen LogP contribution in [0, 0.1) is 12.8 Å². The molecule has 0 bridgehead atoms. The van der Waals surface area contributed by atoms with Crippen molar-refractivity contribution >= 4 is 17.5 Å². The zero-order valence-corrected chi connectivity index (χ0v) is 17.3. The van der Waals surface area contributed by atoms with Crippen LogP contribution in [-0.2, 0) is 11.2 Å². The van der Waals surface area contributed by atoms with Crippen LogP contribution in [-0.4, -0.2) is 35.5 Å². The zero-order chi connectivity index (χ0) is 20.8. The molecule has 0 aliphatic carbocycles. The van der Waals surface area contributed by atoms with Crippen LogP contribution in [0.1, 0.15) is 64.4 Å². The standard InChI is InChI=1S/C25H29NO3/c1-3-19-6-10-20(11-7-19)23(27)12-13-24(28)26-16-14-22(15-17-26)25(29)21-8-4-18(2)5-9-21/h4-11,22H,3,12-17H2,1-2H3. The van der Waals surface area contributed by atoms with Gasteiger partial charge in [0.2, 0.25) is 5.91 Å². The number of aryl methyl sites for hydroxylation is 2. The van der Waals surface area contributed by atoms with Gasteiger partial charge in [0.05, 0.1) is 0 Å². The van der Waals surface area contributed by atoms with Crippen molar-refractivity contribution in [2.75, 3.05) is 13.1 Å². The quantitative estimate of drug-likeness (QED) is 0.646. The first-order chi connectivity index (χ1) is 14.0. The van der Waals surface area contributed by atoms with Gasteiger partial charge in [-0.1, -0.05) is 61.0 Å². The summed E-state index contributed by atoms with van der Waals surface area (Å²) < 4.78 is 0. The van der Waals surface area contributed by atoms with Gasteiger partial charge in [0.1, 0.15) is 0 Å². The summed E-state index contributed by atoms with van der Waals surface area (Å²) in [5.74, 6) is 0.151. The van der Waals surface area contributed by atoms with Crippen molar-refractivity contribution < 1.29 is 14.4 Å². The monoisotopic (exact) mass is 391 g/mol. The van der Waals surface area contributed by atoms with E-state index < -0.39 is 0 Å². The highest BCUT2D eigenvalue weighted by Gasteiger charge is 2.28. The van der Waals surface area contributed by atoms with E-state index in [4.69, 9.17) is 0 Å². The van der Waals surface area contributed by atoms with Gasteiger partial charge in [-0.05, 0) is 31.7 Å². The second kappa shape index (κ2) is 9.64.